The topological polar surface area (TPSA) is 13.0 Å². The summed E-state index contributed by atoms with van der Waals surface area (Å²) in [5, 5.41) is 0. The second kappa shape index (κ2) is 14.8. The lowest BCUT2D eigenvalue weighted by molar-refractivity contribution is 0.409. The van der Waals surface area contributed by atoms with E-state index in [1.165, 1.54) is 108 Å². The van der Waals surface area contributed by atoms with Crippen LogP contribution < -0.4 is 19.6 Å². The first-order chi connectivity index (χ1) is 27.3. The fourth-order valence-corrected chi connectivity index (χ4v) is 10.4. The molecule has 58 heavy (non-hydrogen) atoms. The number of nitrogens with zero attached hydrogens (tertiary/aromatic N) is 4. The molecule has 0 N–H and O–H groups in total. The van der Waals surface area contributed by atoms with E-state index in [1.54, 1.807) is 0 Å². The Labute approximate surface area is 352 Å². The average Bonchev–Trinajstić information content (AvgIpc) is 3.70. The second-order valence-electron chi connectivity index (χ2n) is 22.2. The van der Waals surface area contributed by atoms with E-state index < -0.39 is 0 Å². The van der Waals surface area contributed by atoms with E-state index in [1.807, 2.05) is 0 Å². The maximum Gasteiger partial charge on any atom is 0.156 e. The van der Waals surface area contributed by atoms with Crippen molar-refractivity contribution in [1.82, 2.24) is 0 Å². The third-order valence-electron chi connectivity index (χ3n) is 13.9. The van der Waals surface area contributed by atoms with Gasteiger partial charge in [-0.25, -0.2) is 0 Å². The molecule has 2 saturated carbocycles. The van der Waals surface area contributed by atoms with Crippen molar-refractivity contribution in [3.63, 3.8) is 0 Å². The van der Waals surface area contributed by atoms with Gasteiger partial charge in [-0.3, -0.25) is 0 Å². The van der Waals surface area contributed by atoms with Crippen LogP contribution in [0.15, 0.2) is 109 Å². The van der Waals surface area contributed by atoms with Gasteiger partial charge in [-0.05, 0) is 118 Å². The van der Waals surface area contributed by atoms with Crippen LogP contribution in [0.4, 0.5) is 22.7 Å². The zero-order valence-corrected chi connectivity index (χ0v) is 38.0. The van der Waals surface area contributed by atoms with Crippen LogP contribution in [0.1, 0.15) is 157 Å². The first-order valence-corrected chi connectivity index (χ1v) is 22.7. The molecule has 2 aliphatic heterocycles. The first kappa shape index (κ1) is 40.6. The summed E-state index contributed by atoms with van der Waals surface area (Å²) >= 11 is 0. The Kier molecular flexibility index (Phi) is 10.4. The zero-order chi connectivity index (χ0) is 41.4. The molecule has 4 aromatic carbocycles. The van der Waals surface area contributed by atoms with Crippen molar-refractivity contribution in [3.8, 4) is 0 Å². The fourth-order valence-electron chi connectivity index (χ4n) is 10.4. The Balaban J connectivity index is 1.44. The van der Waals surface area contributed by atoms with Gasteiger partial charge in [-0.2, -0.15) is 0 Å². The van der Waals surface area contributed by atoms with Crippen molar-refractivity contribution >= 4 is 22.7 Å². The van der Waals surface area contributed by atoms with E-state index in [0.29, 0.717) is 24.2 Å². The van der Waals surface area contributed by atoms with E-state index in [0.717, 1.165) is 0 Å². The first-order valence-electron chi connectivity index (χ1n) is 22.7. The largest absolute Gasteiger partial charge is 0.320 e. The number of hydrogen-bond acceptors (Lipinski definition) is 4. The maximum absolute atomic E-state index is 2.81. The van der Waals surface area contributed by atoms with Crippen LogP contribution >= 0.6 is 0 Å². The van der Waals surface area contributed by atoms with E-state index in [9.17, 15) is 0 Å². The molecule has 4 unspecified atom stereocenters. The highest BCUT2D eigenvalue weighted by molar-refractivity contribution is 5.77. The predicted octanol–water partition coefficient (Wildman–Crippen LogP) is 14.0. The summed E-state index contributed by atoms with van der Waals surface area (Å²) < 4.78 is 0. The Morgan fingerprint density at radius 3 is 0.621 bits per heavy atom. The maximum atomic E-state index is 2.81. The summed E-state index contributed by atoms with van der Waals surface area (Å²) in [7, 11) is 0. The molecular weight excluding hydrogens is 705 g/mol. The van der Waals surface area contributed by atoms with Gasteiger partial charge < -0.3 is 19.6 Å². The van der Waals surface area contributed by atoms with Crippen LogP contribution in [-0.2, 0) is 21.7 Å². The van der Waals surface area contributed by atoms with Gasteiger partial charge in [0, 0.05) is 22.7 Å². The highest BCUT2D eigenvalue weighted by Crippen LogP contribution is 2.52. The monoisotopic (exact) mass is 777 g/mol. The second-order valence-corrected chi connectivity index (χ2v) is 22.2. The summed E-state index contributed by atoms with van der Waals surface area (Å²) in [5.74, 6) is 2.69. The van der Waals surface area contributed by atoms with Crippen LogP contribution in [0.2, 0.25) is 0 Å². The lowest BCUT2D eigenvalue weighted by Crippen LogP contribution is -2.40. The zero-order valence-electron chi connectivity index (χ0n) is 38.0. The number of rotatable bonds is 4. The predicted molar refractivity (Wildman–Crippen MR) is 250 cm³/mol. The fraction of sp³-hybridized carbons (Fsp3) is 0.519. The van der Waals surface area contributed by atoms with Gasteiger partial charge in [0.15, 0.2) is 11.6 Å². The molecule has 0 aromatic heterocycles. The number of hydrogen-bond donors (Lipinski definition) is 0. The number of benzene rings is 4. The van der Waals surface area contributed by atoms with Gasteiger partial charge in [-0.1, -0.05) is 157 Å². The number of fused-ring (bicyclic) bond motifs is 2. The third kappa shape index (κ3) is 7.47. The Morgan fingerprint density at radius 1 is 0.293 bits per heavy atom. The normalized spacial score (nSPS) is 23.1. The van der Waals surface area contributed by atoms with Crippen LogP contribution in [0.5, 0.6) is 0 Å². The Morgan fingerprint density at radius 2 is 0.466 bits per heavy atom. The Hall–Kier alpha value is -4.18. The van der Waals surface area contributed by atoms with Gasteiger partial charge >= 0.3 is 0 Å². The molecule has 2 saturated heterocycles. The Bertz CT molecular complexity index is 1780. The van der Waals surface area contributed by atoms with Gasteiger partial charge in [0.25, 0.3) is 0 Å². The number of anilines is 4. The standard InChI is InChI=1S/C54H72N4/c1-51(2,3)37-21-29-41(30-22-37)55-45-17-13-14-18-46(45)56(42-31-23-38(24-32-42)52(4,5)6)49(55)50-57(43-33-25-39(26-34-43)53(7,8)9)47-19-15-16-20-48(47)58(50)44-35-27-40(28-36-44)54(10,11)12/h21-36,45-48H,13-20H2,1-12H3. The van der Waals surface area contributed by atoms with Crippen molar-refractivity contribution in [2.45, 2.75) is 180 Å². The molecule has 0 amide bonds. The van der Waals surface area contributed by atoms with E-state index >= 15 is 0 Å². The molecule has 4 nitrogen and oxygen atoms in total. The SMILES string of the molecule is CC(C)(C)c1ccc(N2C(=C3N(c4ccc(C(C)(C)C)cc4)C4CCCCC4N3c3ccc(C(C)(C)C)cc3)N(c3ccc(C(C)(C)C)cc3)C3CCCCC32)cc1. The van der Waals surface area contributed by atoms with Gasteiger partial charge in [0.1, 0.15) is 0 Å². The van der Waals surface area contributed by atoms with E-state index in [4.69, 9.17) is 0 Å². The molecular formula is C54H72N4. The average molecular weight is 777 g/mol. The molecule has 8 rings (SSSR count). The minimum absolute atomic E-state index is 0.0895. The molecule has 4 heteroatoms. The summed E-state index contributed by atoms with van der Waals surface area (Å²) in [6.07, 6.45) is 9.80. The molecule has 2 heterocycles. The van der Waals surface area contributed by atoms with Crippen LogP contribution in [-0.4, -0.2) is 24.2 Å². The van der Waals surface area contributed by atoms with E-state index in [2.05, 4.69) is 200 Å². The summed E-state index contributed by atoms with van der Waals surface area (Å²) in [5.41, 5.74) is 11.1. The van der Waals surface area contributed by atoms with Crippen LogP contribution in [0.25, 0.3) is 0 Å². The molecule has 4 atom stereocenters. The quantitative estimate of drug-likeness (QED) is 0.205. The third-order valence-corrected chi connectivity index (χ3v) is 13.9. The van der Waals surface area contributed by atoms with Gasteiger partial charge in [0.2, 0.25) is 0 Å². The lowest BCUT2D eigenvalue weighted by atomic mass is 9.86. The summed E-state index contributed by atoms with van der Waals surface area (Å²) in [6.45, 7) is 28.0. The van der Waals surface area contributed by atoms with Crippen molar-refractivity contribution in [2.75, 3.05) is 19.6 Å². The van der Waals surface area contributed by atoms with Crippen molar-refractivity contribution in [3.05, 3.63) is 131 Å². The summed E-state index contributed by atoms with van der Waals surface area (Å²) in [6, 6.07) is 40.2. The van der Waals surface area contributed by atoms with Crippen molar-refractivity contribution in [1.29, 1.82) is 0 Å². The smallest absolute Gasteiger partial charge is 0.156 e. The van der Waals surface area contributed by atoms with Gasteiger partial charge in [0.05, 0.1) is 24.2 Å². The van der Waals surface area contributed by atoms with E-state index in [-0.39, 0.29) is 21.7 Å². The molecule has 0 spiro atoms. The van der Waals surface area contributed by atoms with Gasteiger partial charge in [-0.15, -0.1) is 0 Å². The highest BCUT2D eigenvalue weighted by Gasteiger charge is 2.53. The minimum Gasteiger partial charge on any atom is -0.320 e. The molecule has 0 radical (unpaired) electrons. The van der Waals surface area contributed by atoms with Crippen molar-refractivity contribution in [2.24, 2.45) is 0 Å². The molecule has 4 aliphatic rings. The lowest BCUT2D eigenvalue weighted by Gasteiger charge is -2.36. The highest BCUT2D eigenvalue weighted by atomic mass is 15.5. The minimum atomic E-state index is 0.0895. The summed E-state index contributed by atoms with van der Waals surface area (Å²) in [4.78, 5) is 11.3. The molecule has 4 aromatic rings. The van der Waals surface area contributed by atoms with Crippen LogP contribution in [0.3, 0.4) is 0 Å². The molecule has 0 bridgehead atoms. The molecule has 4 fully saturated rings. The molecule has 308 valence electrons. The van der Waals surface area contributed by atoms with Crippen molar-refractivity contribution < 1.29 is 0 Å². The molecule has 2 aliphatic carbocycles. The van der Waals surface area contributed by atoms with Crippen LogP contribution in [0, 0.1) is 0 Å².